The van der Waals surface area contributed by atoms with Crippen molar-refractivity contribution in [1.82, 2.24) is 5.32 Å². The summed E-state index contributed by atoms with van der Waals surface area (Å²) in [6.45, 7) is 2.55. The Morgan fingerprint density at radius 3 is 2.87 bits per heavy atom. The molecule has 6 heteroatoms. The standard InChI is InChI=1S/C24H30ClNO4/c1-2-29-24(28)16-30-22-11-5-7-18(14-22)17-6-4-10-21(13-17)26-15-23(27)19-8-3-9-20(25)12-19/h3,5,7-9,11-12,14,17,21,23,26-27H,2,4,6,10,13,15-16H2,1H3/t17-,21-,23-/m0/s1. The molecule has 0 aliphatic heterocycles. The zero-order valence-electron chi connectivity index (χ0n) is 17.4. The van der Waals surface area contributed by atoms with Gasteiger partial charge in [-0.25, -0.2) is 4.79 Å². The minimum absolute atomic E-state index is 0.0759. The highest BCUT2D eigenvalue weighted by Gasteiger charge is 2.24. The van der Waals surface area contributed by atoms with Crippen molar-refractivity contribution in [2.45, 2.75) is 50.7 Å². The van der Waals surface area contributed by atoms with Crippen LogP contribution in [0.5, 0.6) is 5.75 Å². The summed E-state index contributed by atoms with van der Waals surface area (Å²) in [5, 5.41) is 14.6. The maximum atomic E-state index is 11.5. The van der Waals surface area contributed by atoms with E-state index in [-0.39, 0.29) is 12.6 Å². The Labute approximate surface area is 183 Å². The van der Waals surface area contributed by atoms with Gasteiger partial charge in [0.2, 0.25) is 0 Å². The lowest BCUT2D eigenvalue weighted by atomic mass is 9.81. The van der Waals surface area contributed by atoms with Crippen molar-refractivity contribution >= 4 is 17.6 Å². The number of nitrogens with one attached hydrogen (secondary N) is 1. The van der Waals surface area contributed by atoms with E-state index in [0.717, 1.165) is 31.2 Å². The van der Waals surface area contributed by atoms with Crippen LogP contribution in [0.15, 0.2) is 48.5 Å². The topological polar surface area (TPSA) is 67.8 Å². The van der Waals surface area contributed by atoms with Gasteiger partial charge < -0.3 is 19.9 Å². The van der Waals surface area contributed by atoms with E-state index in [4.69, 9.17) is 21.1 Å². The fourth-order valence-corrected chi connectivity index (χ4v) is 4.19. The number of carbonyl (C=O) groups excluding carboxylic acids is 1. The molecule has 2 aromatic rings. The molecule has 0 amide bonds. The molecule has 1 aliphatic carbocycles. The number of halogens is 1. The van der Waals surface area contributed by atoms with E-state index < -0.39 is 6.10 Å². The molecule has 2 N–H and O–H groups in total. The van der Waals surface area contributed by atoms with Crippen LogP contribution in [-0.4, -0.2) is 36.9 Å². The summed E-state index contributed by atoms with van der Waals surface area (Å²) in [7, 11) is 0. The lowest BCUT2D eigenvalue weighted by Gasteiger charge is -2.31. The molecule has 1 fully saturated rings. The highest BCUT2D eigenvalue weighted by molar-refractivity contribution is 6.30. The number of aliphatic hydroxyl groups excluding tert-OH is 1. The van der Waals surface area contributed by atoms with Crippen LogP contribution in [0, 0.1) is 0 Å². The number of esters is 1. The van der Waals surface area contributed by atoms with Crippen LogP contribution in [0.25, 0.3) is 0 Å². The fraction of sp³-hybridized carbons (Fsp3) is 0.458. The van der Waals surface area contributed by atoms with Gasteiger partial charge in [-0.1, -0.05) is 42.3 Å². The van der Waals surface area contributed by atoms with E-state index in [1.54, 1.807) is 13.0 Å². The molecular formula is C24H30ClNO4. The van der Waals surface area contributed by atoms with Gasteiger partial charge in [0.25, 0.3) is 0 Å². The van der Waals surface area contributed by atoms with Gasteiger partial charge in [0.15, 0.2) is 6.61 Å². The molecule has 1 aliphatic rings. The summed E-state index contributed by atoms with van der Waals surface area (Å²) in [5.41, 5.74) is 2.05. The molecule has 2 aromatic carbocycles. The van der Waals surface area contributed by atoms with Crippen LogP contribution in [0.1, 0.15) is 55.8 Å². The first-order valence-corrected chi connectivity index (χ1v) is 11.0. The minimum atomic E-state index is -0.580. The summed E-state index contributed by atoms with van der Waals surface area (Å²) in [6.07, 6.45) is 3.77. The smallest absolute Gasteiger partial charge is 0.344 e. The quantitative estimate of drug-likeness (QED) is 0.566. The number of hydrogen-bond acceptors (Lipinski definition) is 5. The van der Waals surface area contributed by atoms with E-state index >= 15 is 0 Å². The summed E-state index contributed by atoms with van der Waals surface area (Å²) < 4.78 is 10.5. The Morgan fingerprint density at radius 2 is 2.07 bits per heavy atom. The maximum Gasteiger partial charge on any atom is 0.344 e. The van der Waals surface area contributed by atoms with E-state index in [2.05, 4.69) is 11.4 Å². The molecule has 0 unspecified atom stereocenters. The van der Waals surface area contributed by atoms with Crippen molar-refractivity contribution in [2.24, 2.45) is 0 Å². The zero-order valence-corrected chi connectivity index (χ0v) is 18.1. The highest BCUT2D eigenvalue weighted by atomic mass is 35.5. The van der Waals surface area contributed by atoms with Gasteiger partial charge in [0.1, 0.15) is 5.75 Å². The van der Waals surface area contributed by atoms with Crippen LogP contribution < -0.4 is 10.1 Å². The third kappa shape index (κ3) is 6.73. The lowest BCUT2D eigenvalue weighted by molar-refractivity contribution is -0.145. The van der Waals surface area contributed by atoms with Gasteiger partial charge >= 0.3 is 5.97 Å². The van der Waals surface area contributed by atoms with E-state index in [1.165, 1.54) is 5.56 Å². The molecule has 0 saturated heterocycles. The largest absolute Gasteiger partial charge is 0.482 e. The molecule has 0 bridgehead atoms. The first-order chi connectivity index (χ1) is 14.5. The van der Waals surface area contributed by atoms with Gasteiger partial charge in [-0.15, -0.1) is 0 Å². The Bertz CT molecular complexity index is 828. The van der Waals surface area contributed by atoms with E-state index in [1.807, 2.05) is 36.4 Å². The minimum Gasteiger partial charge on any atom is -0.482 e. The van der Waals surface area contributed by atoms with Crippen LogP contribution in [0.3, 0.4) is 0 Å². The van der Waals surface area contributed by atoms with Gasteiger partial charge in [-0.05, 0) is 67.5 Å². The maximum absolute atomic E-state index is 11.5. The van der Waals surface area contributed by atoms with Crippen LogP contribution >= 0.6 is 11.6 Å². The van der Waals surface area contributed by atoms with Crippen LogP contribution in [-0.2, 0) is 9.53 Å². The molecule has 0 aromatic heterocycles. The zero-order chi connectivity index (χ0) is 21.3. The normalized spacial score (nSPS) is 19.8. The van der Waals surface area contributed by atoms with Gasteiger partial charge in [-0.2, -0.15) is 0 Å². The summed E-state index contributed by atoms with van der Waals surface area (Å²) >= 11 is 6.03. The molecule has 162 valence electrons. The van der Waals surface area contributed by atoms with Crippen LogP contribution in [0.4, 0.5) is 0 Å². The number of ether oxygens (including phenoxy) is 2. The second kappa shape index (κ2) is 11.3. The Morgan fingerprint density at radius 1 is 1.23 bits per heavy atom. The molecule has 5 nitrogen and oxygen atoms in total. The second-order valence-corrected chi connectivity index (χ2v) is 8.14. The Balaban J connectivity index is 1.53. The van der Waals surface area contributed by atoms with E-state index in [9.17, 15) is 9.90 Å². The molecular weight excluding hydrogens is 402 g/mol. The van der Waals surface area contributed by atoms with Gasteiger partial charge in [-0.3, -0.25) is 0 Å². The Hall–Kier alpha value is -2.08. The summed E-state index contributed by atoms with van der Waals surface area (Å²) in [6, 6.07) is 15.7. The lowest BCUT2D eigenvalue weighted by Crippen LogP contribution is -2.36. The van der Waals surface area contributed by atoms with Crippen molar-refractivity contribution in [3.63, 3.8) is 0 Å². The number of hydrogen-bond donors (Lipinski definition) is 2. The molecule has 30 heavy (non-hydrogen) atoms. The molecule has 3 rings (SSSR count). The van der Waals surface area contributed by atoms with Crippen LogP contribution in [0.2, 0.25) is 5.02 Å². The highest BCUT2D eigenvalue weighted by Crippen LogP contribution is 2.34. The molecule has 0 heterocycles. The fourth-order valence-electron chi connectivity index (χ4n) is 3.99. The van der Waals surface area contributed by atoms with Crippen molar-refractivity contribution < 1.29 is 19.4 Å². The number of carbonyl (C=O) groups is 1. The molecule has 1 saturated carbocycles. The van der Waals surface area contributed by atoms with Crippen molar-refractivity contribution in [2.75, 3.05) is 19.8 Å². The second-order valence-electron chi connectivity index (χ2n) is 7.71. The average Bonchev–Trinajstić information content (AvgIpc) is 2.77. The molecule has 0 radical (unpaired) electrons. The Kier molecular flexibility index (Phi) is 8.55. The molecule has 0 spiro atoms. The van der Waals surface area contributed by atoms with Crippen molar-refractivity contribution in [1.29, 1.82) is 0 Å². The first-order valence-electron chi connectivity index (χ1n) is 10.6. The van der Waals surface area contributed by atoms with Gasteiger partial charge in [0.05, 0.1) is 12.7 Å². The van der Waals surface area contributed by atoms with E-state index in [0.29, 0.717) is 35.9 Å². The summed E-state index contributed by atoms with van der Waals surface area (Å²) in [5.74, 6) is 0.751. The SMILES string of the molecule is CCOC(=O)COc1cccc([C@H]2CCC[C@H](NC[C@H](O)c3cccc(Cl)c3)C2)c1. The van der Waals surface area contributed by atoms with Crippen molar-refractivity contribution in [3.05, 3.63) is 64.7 Å². The average molecular weight is 432 g/mol. The predicted molar refractivity (Wildman–Crippen MR) is 118 cm³/mol. The first kappa shape index (κ1) is 22.6. The molecule has 3 atom stereocenters. The monoisotopic (exact) mass is 431 g/mol. The predicted octanol–water partition coefficient (Wildman–Crippen LogP) is 4.63. The third-order valence-corrected chi connectivity index (χ3v) is 5.73. The van der Waals surface area contributed by atoms with Crippen molar-refractivity contribution in [3.8, 4) is 5.75 Å². The summed E-state index contributed by atoms with van der Waals surface area (Å²) in [4.78, 5) is 11.5. The number of aliphatic hydroxyl groups is 1. The number of rotatable bonds is 9. The number of benzene rings is 2. The third-order valence-electron chi connectivity index (χ3n) is 5.50. The van der Waals surface area contributed by atoms with Gasteiger partial charge in [0, 0.05) is 17.6 Å².